The summed E-state index contributed by atoms with van der Waals surface area (Å²) in [6.07, 6.45) is 3.62. The van der Waals surface area contributed by atoms with Gasteiger partial charge in [-0.05, 0) is 41.5 Å². The summed E-state index contributed by atoms with van der Waals surface area (Å²) in [4.78, 5) is 46.3. The van der Waals surface area contributed by atoms with E-state index in [1.165, 1.54) is 23.3 Å². The van der Waals surface area contributed by atoms with Crippen LogP contribution in [0.15, 0.2) is 24.8 Å². The molecular weight excluding hydrogens is 600 g/mol. The maximum Gasteiger partial charge on any atom is 0.410 e. The number of aliphatic hydroxyl groups is 1. The maximum atomic E-state index is 12.0. The van der Waals surface area contributed by atoms with Crippen LogP contribution in [0.1, 0.15) is 41.5 Å². The fourth-order valence-electron chi connectivity index (χ4n) is 3.74. The monoisotopic (exact) mass is 642 g/mol. The largest absolute Gasteiger partial charge is 0.444 e. The molecule has 2 aromatic rings. The van der Waals surface area contributed by atoms with Gasteiger partial charge in [0.1, 0.15) is 29.8 Å². The number of H-pyrrole nitrogens is 1. The summed E-state index contributed by atoms with van der Waals surface area (Å²) in [6, 6.07) is 0. The smallest absolute Gasteiger partial charge is 0.410 e. The fraction of sp³-hybridized carbons (Fsp3) is 0.692. The van der Waals surface area contributed by atoms with Gasteiger partial charge in [0.15, 0.2) is 0 Å². The first-order valence-corrected chi connectivity index (χ1v) is 14.1. The molecule has 4 rings (SSSR count). The van der Waals surface area contributed by atoms with Gasteiger partial charge < -0.3 is 33.9 Å². The minimum Gasteiger partial charge on any atom is -0.444 e. The average molecular weight is 643 g/mol. The molecule has 0 aromatic carbocycles. The molecule has 2 aliphatic heterocycles. The second-order valence-corrected chi connectivity index (χ2v) is 11.9. The van der Waals surface area contributed by atoms with E-state index in [9.17, 15) is 29.8 Å². The van der Waals surface area contributed by atoms with Crippen molar-refractivity contribution in [3.05, 3.63) is 45.0 Å². The molecule has 45 heavy (non-hydrogen) atoms. The van der Waals surface area contributed by atoms with Crippen LogP contribution in [-0.4, -0.2) is 126 Å². The van der Waals surface area contributed by atoms with Gasteiger partial charge >= 0.3 is 23.6 Å². The summed E-state index contributed by atoms with van der Waals surface area (Å²) in [5, 5.41) is 39.0. The highest BCUT2D eigenvalue weighted by Crippen LogP contribution is 2.16. The lowest BCUT2D eigenvalue weighted by Gasteiger charge is -2.34. The van der Waals surface area contributed by atoms with Gasteiger partial charge in [-0.2, -0.15) is 10.2 Å². The Bertz CT molecular complexity index is 1240. The van der Waals surface area contributed by atoms with Crippen LogP contribution >= 0.6 is 0 Å². The lowest BCUT2D eigenvalue weighted by atomic mass is 10.2. The molecule has 0 spiro atoms. The van der Waals surface area contributed by atoms with Crippen LogP contribution in [0.2, 0.25) is 0 Å². The number of nitrogens with zero attached hydrogens (tertiary/aromatic N) is 7. The molecule has 0 aliphatic carbocycles. The highest BCUT2D eigenvalue weighted by atomic mass is 16.6. The maximum absolute atomic E-state index is 12.0. The molecule has 4 heterocycles. The van der Waals surface area contributed by atoms with Crippen LogP contribution < -0.4 is 0 Å². The van der Waals surface area contributed by atoms with Gasteiger partial charge in [0.2, 0.25) is 0 Å². The van der Waals surface area contributed by atoms with Gasteiger partial charge in [0.05, 0.1) is 67.7 Å². The number of ether oxygens (including phenoxy) is 4. The van der Waals surface area contributed by atoms with Crippen LogP contribution in [0.3, 0.4) is 0 Å². The topological polar surface area (TPSA) is 231 Å². The molecule has 2 aromatic heterocycles. The van der Waals surface area contributed by atoms with Crippen molar-refractivity contribution in [2.24, 2.45) is 0 Å². The summed E-state index contributed by atoms with van der Waals surface area (Å²) >= 11 is 0. The molecular formula is C26H42N8O11. The van der Waals surface area contributed by atoms with Crippen molar-refractivity contribution >= 4 is 23.6 Å². The number of nitro groups is 2. The average Bonchev–Trinajstić information content (AvgIpc) is 3.65. The van der Waals surface area contributed by atoms with Gasteiger partial charge in [-0.1, -0.05) is 0 Å². The minimum atomic E-state index is -0.548. The number of amides is 2. The van der Waals surface area contributed by atoms with E-state index >= 15 is 0 Å². The van der Waals surface area contributed by atoms with Crippen molar-refractivity contribution in [2.45, 2.75) is 71.5 Å². The number of hydrogen-bond acceptors (Lipinski definition) is 13. The number of rotatable bonds is 5. The zero-order chi connectivity index (χ0) is 33.8. The number of aromatic nitrogens is 4. The number of carbonyl (C=O) groups excluding carboxylic acids is 2. The van der Waals surface area contributed by atoms with Gasteiger partial charge in [0, 0.05) is 13.1 Å². The number of hydrogen-bond donors (Lipinski definition) is 2. The van der Waals surface area contributed by atoms with E-state index in [0.717, 1.165) is 6.20 Å². The molecule has 0 unspecified atom stereocenters. The van der Waals surface area contributed by atoms with Crippen LogP contribution in [0.4, 0.5) is 21.0 Å². The molecule has 2 amide bonds. The second-order valence-electron chi connectivity index (χ2n) is 11.9. The molecule has 2 atom stereocenters. The fourth-order valence-corrected chi connectivity index (χ4v) is 3.74. The van der Waals surface area contributed by atoms with E-state index in [1.807, 2.05) is 41.5 Å². The summed E-state index contributed by atoms with van der Waals surface area (Å²) in [7, 11) is 0. The van der Waals surface area contributed by atoms with Gasteiger partial charge in [-0.15, -0.1) is 0 Å². The zero-order valence-electron chi connectivity index (χ0n) is 26.3. The highest BCUT2D eigenvalue weighted by Gasteiger charge is 2.29. The van der Waals surface area contributed by atoms with Crippen molar-refractivity contribution in [1.82, 2.24) is 29.8 Å². The predicted molar refractivity (Wildman–Crippen MR) is 156 cm³/mol. The predicted octanol–water partition coefficient (Wildman–Crippen LogP) is 2.36. The Labute approximate surface area is 259 Å². The van der Waals surface area contributed by atoms with Gasteiger partial charge in [0.25, 0.3) is 0 Å². The summed E-state index contributed by atoms with van der Waals surface area (Å²) < 4.78 is 22.8. The normalized spacial score (nSPS) is 18.5. The minimum absolute atomic E-state index is 0.00926. The third-order valence-electron chi connectivity index (χ3n) is 5.70. The number of aromatic amines is 1. The van der Waals surface area contributed by atoms with Crippen LogP contribution in [0, 0.1) is 20.2 Å². The third-order valence-corrected chi connectivity index (χ3v) is 5.70. The first kappa shape index (κ1) is 36.8. The first-order valence-electron chi connectivity index (χ1n) is 14.1. The van der Waals surface area contributed by atoms with Crippen molar-refractivity contribution in [3.8, 4) is 0 Å². The van der Waals surface area contributed by atoms with E-state index in [1.54, 1.807) is 9.80 Å². The van der Waals surface area contributed by atoms with Gasteiger partial charge in [-0.3, -0.25) is 30.0 Å². The molecule has 2 saturated heterocycles. The Kier molecular flexibility index (Phi) is 13.6. The van der Waals surface area contributed by atoms with Crippen molar-refractivity contribution in [3.63, 3.8) is 0 Å². The zero-order valence-corrected chi connectivity index (χ0v) is 26.3. The third kappa shape index (κ3) is 13.9. The Balaban J connectivity index is 0.000000263. The summed E-state index contributed by atoms with van der Waals surface area (Å²) in [5.74, 6) is 0. The first-order chi connectivity index (χ1) is 21.0. The van der Waals surface area contributed by atoms with Crippen molar-refractivity contribution < 1.29 is 43.5 Å². The van der Waals surface area contributed by atoms with E-state index in [-0.39, 0.29) is 42.4 Å². The molecule has 19 heteroatoms. The molecule has 2 fully saturated rings. The van der Waals surface area contributed by atoms with Gasteiger partial charge in [-0.25, -0.2) is 9.59 Å². The van der Waals surface area contributed by atoms with Crippen LogP contribution in [0.5, 0.6) is 0 Å². The second kappa shape index (κ2) is 16.6. The van der Waals surface area contributed by atoms with E-state index in [2.05, 4.69) is 15.3 Å². The highest BCUT2D eigenvalue weighted by molar-refractivity contribution is 5.68. The molecule has 0 bridgehead atoms. The number of carbonyl (C=O) groups is 2. The molecule has 0 radical (unpaired) electrons. The quantitative estimate of drug-likeness (QED) is 0.353. The number of nitrogens with one attached hydrogen (secondary N) is 1. The molecule has 2 aliphatic rings. The summed E-state index contributed by atoms with van der Waals surface area (Å²) in [5.41, 5.74) is -1.11. The SMILES string of the molecule is CC(C)(C)OC(=O)N1CCO[C@H](CO)C1.CC(C)(C)OC(=O)N1CCO[C@H](Cn2cc([N+](=O)[O-])cn2)C1.O=[N+]([O-])c1cn[nH]c1. The van der Waals surface area contributed by atoms with Crippen molar-refractivity contribution in [2.75, 3.05) is 46.0 Å². The Morgan fingerprint density at radius 1 is 0.933 bits per heavy atom. The lowest BCUT2D eigenvalue weighted by Crippen LogP contribution is -2.48. The lowest BCUT2D eigenvalue weighted by molar-refractivity contribution is -0.385. The Hall–Kier alpha value is -4.36. The van der Waals surface area contributed by atoms with E-state index in [4.69, 9.17) is 24.1 Å². The van der Waals surface area contributed by atoms with E-state index in [0.29, 0.717) is 45.9 Å². The molecule has 19 nitrogen and oxygen atoms in total. The number of morpholine rings is 2. The van der Waals surface area contributed by atoms with Crippen LogP contribution in [-0.2, 0) is 25.5 Å². The molecule has 2 N–H and O–H groups in total. The molecule has 0 saturated carbocycles. The standard InChI is InChI=1S/C13H20N4O5.C10H19NO4.C3H3N3O2/c1-13(2,3)22-12(18)15-4-5-21-11(8-15)9-16-7-10(6-14-16)17(19)20;1-10(2,3)15-9(13)11-4-5-14-8(6-11)7-12;7-6(8)3-1-4-5-2-3/h6-7,11H,4-5,8-9H2,1-3H3;8,12H,4-7H2,1-3H3;1-2H,(H,4,5)/t11-;8-;/m00./s1. The molecule has 252 valence electrons. The van der Waals surface area contributed by atoms with E-state index < -0.39 is 21.0 Å². The Morgan fingerprint density at radius 2 is 1.44 bits per heavy atom. The van der Waals surface area contributed by atoms with Crippen LogP contribution in [0.25, 0.3) is 0 Å². The Morgan fingerprint density at radius 3 is 1.84 bits per heavy atom. The number of aliphatic hydroxyl groups excluding tert-OH is 1. The van der Waals surface area contributed by atoms with Crippen molar-refractivity contribution in [1.29, 1.82) is 0 Å². The summed E-state index contributed by atoms with van der Waals surface area (Å²) in [6.45, 7) is 13.8.